The number of nitrogens with zero attached hydrogens (tertiary/aromatic N) is 4. The first kappa shape index (κ1) is 37.8. The standard InChI is InChI=1S/C41H56ClN4O4/c1-5-9-23-46-37-29-35(47-26-12-22-44(7-3)8-4)31-39(49-25-6-2)40(37)43-41(46)36-18-17-34(48-27-19-32-13-15-33(42)16-14-32)30-38(36)50-28-24-45-20-10-11-21-45/h13-18,29-31H,2,5-12,19-28H2,1,3-4H3. The third-order valence-corrected chi connectivity index (χ3v) is 9.59. The molecule has 3 aromatic carbocycles. The second kappa shape index (κ2) is 19.8. The van der Waals surface area contributed by atoms with Gasteiger partial charge in [0.25, 0.3) is 0 Å². The van der Waals surface area contributed by atoms with E-state index in [9.17, 15) is 0 Å². The first-order valence-electron chi connectivity index (χ1n) is 18.7. The minimum Gasteiger partial charge on any atom is -0.493 e. The zero-order valence-corrected chi connectivity index (χ0v) is 31.2. The van der Waals surface area contributed by atoms with Crippen molar-refractivity contribution >= 4 is 22.6 Å². The summed E-state index contributed by atoms with van der Waals surface area (Å²) in [6, 6.07) is 18.2. The van der Waals surface area contributed by atoms with Crippen molar-refractivity contribution in [3.63, 3.8) is 0 Å². The van der Waals surface area contributed by atoms with E-state index >= 15 is 0 Å². The number of imidazole rings is 1. The molecule has 1 aliphatic rings. The molecular weight excluding hydrogens is 648 g/mol. The number of rotatable bonds is 22. The number of fused-ring (bicyclic) bond motifs is 1. The van der Waals surface area contributed by atoms with Crippen LogP contribution in [0.25, 0.3) is 22.4 Å². The number of ether oxygens (including phenoxy) is 4. The number of benzene rings is 3. The van der Waals surface area contributed by atoms with Crippen LogP contribution < -0.4 is 18.9 Å². The number of unbranched alkanes of at least 4 members (excludes halogenated alkanes) is 1. The van der Waals surface area contributed by atoms with Crippen molar-refractivity contribution in [1.29, 1.82) is 0 Å². The molecule has 2 heterocycles. The van der Waals surface area contributed by atoms with Gasteiger partial charge < -0.3 is 28.4 Å². The molecule has 1 aliphatic heterocycles. The van der Waals surface area contributed by atoms with Crippen LogP contribution in [-0.4, -0.2) is 85.0 Å². The van der Waals surface area contributed by atoms with E-state index in [1.165, 1.54) is 18.4 Å². The van der Waals surface area contributed by atoms with Crippen molar-refractivity contribution in [3.05, 3.63) is 72.1 Å². The molecule has 0 N–H and O–H groups in total. The van der Waals surface area contributed by atoms with Gasteiger partial charge in [-0.2, -0.15) is 0 Å². The predicted molar refractivity (Wildman–Crippen MR) is 205 cm³/mol. The molecule has 5 rings (SSSR count). The van der Waals surface area contributed by atoms with E-state index in [-0.39, 0.29) is 0 Å². The van der Waals surface area contributed by atoms with E-state index in [4.69, 9.17) is 35.5 Å². The van der Waals surface area contributed by atoms with E-state index < -0.39 is 0 Å². The number of halogens is 1. The molecule has 8 nitrogen and oxygen atoms in total. The van der Waals surface area contributed by atoms with Gasteiger partial charge in [0.05, 0.1) is 30.9 Å². The monoisotopic (exact) mass is 703 g/mol. The Hall–Kier alpha value is -3.46. The van der Waals surface area contributed by atoms with Crippen LogP contribution in [0.4, 0.5) is 0 Å². The van der Waals surface area contributed by atoms with Crippen LogP contribution in [0.5, 0.6) is 23.0 Å². The maximum Gasteiger partial charge on any atom is 0.150 e. The minimum atomic E-state index is 0.505. The van der Waals surface area contributed by atoms with Crippen molar-refractivity contribution in [2.24, 2.45) is 0 Å². The summed E-state index contributed by atoms with van der Waals surface area (Å²) in [5, 5.41) is 0.738. The number of aromatic nitrogens is 2. The Balaban J connectivity index is 1.46. The van der Waals surface area contributed by atoms with E-state index in [1.54, 1.807) is 0 Å². The highest BCUT2D eigenvalue weighted by Gasteiger charge is 2.22. The van der Waals surface area contributed by atoms with Gasteiger partial charge in [0.1, 0.15) is 35.2 Å². The third kappa shape index (κ3) is 10.5. The Morgan fingerprint density at radius 1 is 0.780 bits per heavy atom. The third-order valence-electron chi connectivity index (χ3n) is 9.34. The quantitative estimate of drug-likeness (QED) is 0.0758. The highest BCUT2D eigenvalue weighted by molar-refractivity contribution is 6.30. The Labute approximate surface area is 304 Å². The topological polar surface area (TPSA) is 61.2 Å². The lowest BCUT2D eigenvalue weighted by atomic mass is 10.1. The van der Waals surface area contributed by atoms with E-state index in [0.717, 1.165) is 122 Å². The summed E-state index contributed by atoms with van der Waals surface area (Å²) >= 11 is 6.08. The Bertz CT molecular complexity index is 1600. The summed E-state index contributed by atoms with van der Waals surface area (Å²) in [4.78, 5) is 10.2. The van der Waals surface area contributed by atoms with Gasteiger partial charge in [-0.1, -0.05) is 50.9 Å². The van der Waals surface area contributed by atoms with Crippen molar-refractivity contribution in [3.8, 4) is 34.4 Å². The summed E-state index contributed by atoms with van der Waals surface area (Å²) in [5.41, 5.74) is 3.95. The van der Waals surface area contributed by atoms with Crippen LogP contribution in [0.2, 0.25) is 5.02 Å². The van der Waals surface area contributed by atoms with Crippen molar-refractivity contribution in [2.75, 3.05) is 65.7 Å². The fourth-order valence-electron chi connectivity index (χ4n) is 6.43. The molecule has 0 atom stereocenters. The van der Waals surface area contributed by atoms with Gasteiger partial charge in [-0.3, -0.25) is 4.90 Å². The average Bonchev–Trinajstić information content (AvgIpc) is 3.79. The first-order chi connectivity index (χ1) is 24.5. The van der Waals surface area contributed by atoms with Gasteiger partial charge in [0, 0.05) is 49.3 Å². The zero-order valence-electron chi connectivity index (χ0n) is 30.4. The summed E-state index contributed by atoms with van der Waals surface area (Å²) in [6.45, 7) is 20.0. The molecular formula is C41H56ClN4O4. The van der Waals surface area contributed by atoms with Crippen LogP contribution in [-0.2, 0) is 13.0 Å². The summed E-state index contributed by atoms with van der Waals surface area (Å²) < 4.78 is 27.8. The normalized spacial score (nSPS) is 13.4. The molecule has 271 valence electrons. The fourth-order valence-corrected chi connectivity index (χ4v) is 6.56. The molecule has 0 saturated carbocycles. The summed E-state index contributed by atoms with van der Waals surface area (Å²) in [5.74, 6) is 3.92. The van der Waals surface area contributed by atoms with Gasteiger partial charge in [-0.15, -0.1) is 0 Å². The van der Waals surface area contributed by atoms with Crippen molar-refractivity contribution in [2.45, 2.75) is 72.3 Å². The Kier molecular flexibility index (Phi) is 15.0. The van der Waals surface area contributed by atoms with Crippen LogP contribution in [0, 0.1) is 6.92 Å². The summed E-state index contributed by atoms with van der Waals surface area (Å²) in [6.07, 6.45) is 6.99. The number of hydrogen-bond acceptors (Lipinski definition) is 7. The van der Waals surface area contributed by atoms with Crippen molar-refractivity contribution in [1.82, 2.24) is 19.4 Å². The van der Waals surface area contributed by atoms with Crippen LogP contribution in [0.15, 0.2) is 54.6 Å². The number of likely N-dealkylation sites (tertiary alicyclic amines) is 1. The lowest BCUT2D eigenvalue weighted by Crippen LogP contribution is -2.25. The molecule has 1 saturated heterocycles. The fraction of sp³-hybridized carbons (Fsp3) is 0.512. The number of aryl methyl sites for hydroxylation is 1. The number of hydrogen-bond donors (Lipinski definition) is 0. The second-order valence-electron chi connectivity index (χ2n) is 12.9. The largest absolute Gasteiger partial charge is 0.493 e. The molecule has 4 aromatic rings. The van der Waals surface area contributed by atoms with Gasteiger partial charge >= 0.3 is 0 Å². The molecule has 50 heavy (non-hydrogen) atoms. The second-order valence-corrected chi connectivity index (χ2v) is 13.4. The van der Waals surface area contributed by atoms with Gasteiger partial charge in [-0.05, 0) is 95.0 Å². The summed E-state index contributed by atoms with van der Waals surface area (Å²) in [7, 11) is 0. The van der Waals surface area contributed by atoms with Crippen LogP contribution in [0.3, 0.4) is 0 Å². The Morgan fingerprint density at radius 3 is 2.26 bits per heavy atom. The zero-order chi connectivity index (χ0) is 35.1. The van der Waals surface area contributed by atoms with Crippen LogP contribution in [0.1, 0.15) is 64.9 Å². The maximum absolute atomic E-state index is 6.59. The van der Waals surface area contributed by atoms with Crippen molar-refractivity contribution < 1.29 is 18.9 Å². The molecule has 0 unspecified atom stereocenters. The molecule has 1 radical (unpaired) electrons. The SMILES string of the molecule is [CH2]CCOc1cc(OCCCN(CC)CC)cc2c1nc(-c1ccc(OCCc3ccc(Cl)cc3)cc1OCCN1CCCC1)n2CCCC. The molecule has 1 fully saturated rings. The molecule has 1 aromatic heterocycles. The predicted octanol–water partition coefficient (Wildman–Crippen LogP) is 8.97. The molecule has 0 bridgehead atoms. The lowest BCUT2D eigenvalue weighted by molar-refractivity contribution is 0.237. The minimum absolute atomic E-state index is 0.505. The molecule has 0 aliphatic carbocycles. The van der Waals surface area contributed by atoms with Gasteiger partial charge in [0.2, 0.25) is 0 Å². The van der Waals surface area contributed by atoms with E-state index in [0.29, 0.717) is 32.8 Å². The van der Waals surface area contributed by atoms with Gasteiger partial charge in [0.15, 0.2) is 5.75 Å². The van der Waals surface area contributed by atoms with E-state index in [1.807, 2.05) is 42.5 Å². The van der Waals surface area contributed by atoms with Crippen LogP contribution >= 0.6 is 11.6 Å². The smallest absolute Gasteiger partial charge is 0.150 e. The molecule has 9 heteroatoms. The lowest BCUT2D eigenvalue weighted by Gasteiger charge is -2.18. The van der Waals surface area contributed by atoms with Gasteiger partial charge in [-0.25, -0.2) is 4.98 Å². The van der Waals surface area contributed by atoms with E-state index in [2.05, 4.69) is 54.2 Å². The average molecular weight is 704 g/mol. The first-order valence-corrected chi connectivity index (χ1v) is 19.1. The molecule has 0 spiro atoms. The Morgan fingerprint density at radius 2 is 1.52 bits per heavy atom. The highest BCUT2D eigenvalue weighted by atomic mass is 35.5. The maximum atomic E-state index is 6.59. The highest BCUT2D eigenvalue weighted by Crippen LogP contribution is 2.39. The molecule has 0 amide bonds.